The first kappa shape index (κ1) is 13.9. The Bertz CT molecular complexity index is 704. The minimum atomic E-state index is -3.88. The Morgan fingerprint density at radius 3 is 2.47 bits per heavy atom. The Balaban J connectivity index is 2.37. The number of halogens is 2. The van der Waals surface area contributed by atoms with Gasteiger partial charge in [0.05, 0.1) is 5.69 Å². The highest BCUT2D eigenvalue weighted by Gasteiger charge is 2.18. The third kappa shape index (κ3) is 3.25. The SMILES string of the molecule is Nc1ccc(Cl)cc1S(=O)(=O)Nc1ccc(Cl)nn1. The van der Waals surface area contributed by atoms with E-state index in [0.717, 1.165) is 0 Å². The monoisotopic (exact) mass is 318 g/mol. The fourth-order valence-electron chi connectivity index (χ4n) is 1.30. The van der Waals surface area contributed by atoms with E-state index >= 15 is 0 Å². The van der Waals surface area contributed by atoms with Crippen molar-refractivity contribution in [3.63, 3.8) is 0 Å². The summed E-state index contributed by atoms with van der Waals surface area (Å²) in [7, 11) is -3.88. The zero-order chi connectivity index (χ0) is 14.0. The van der Waals surface area contributed by atoms with E-state index < -0.39 is 10.0 Å². The molecule has 0 aliphatic carbocycles. The minimum Gasteiger partial charge on any atom is -0.398 e. The van der Waals surface area contributed by atoms with Crippen LogP contribution >= 0.6 is 23.2 Å². The summed E-state index contributed by atoms with van der Waals surface area (Å²) in [4.78, 5) is -0.128. The molecule has 100 valence electrons. The van der Waals surface area contributed by atoms with Gasteiger partial charge in [0, 0.05) is 5.02 Å². The molecule has 3 N–H and O–H groups in total. The molecule has 0 amide bonds. The largest absolute Gasteiger partial charge is 0.398 e. The van der Waals surface area contributed by atoms with Crippen LogP contribution in [0.3, 0.4) is 0 Å². The molecule has 0 aliphatic heterocycles. The molecule has 6 nitrogen and oxygen atoms in total. The van der Waals surface area contributed by atoms with E-state index in [1.165, 1.54) is 30.3 Å². The number of nitrogen functional groups attached to an aromatic ring is 1. The number of hydrogen-bond donors (Lipinski definition) is 2. The van der Waals surface area contributed by atoms with E-state index in [9.17, 15) is 8.42 Å². The molecule has 2 rings (SSSR count). The number of nitrogens with two attached hydrogens (primary N) is 1. The first-order chi connectivity index (χ1) is 8.88. The normalized spacial score (nSPS) is 11.3. The molecule has 0 fully saturated rings. The highest BCUT2D eigenvalue weighted by Crippen LogP contribution is 2.24. The highest BCUT2D eigenvalue weighted by molar-refractivity contribution is 7.92. The van der Waals surface area contributed by atoms with Crippen LogP contribution in [-0.4, -0.2) is 18.6 Å². The fourth-order valence-corrected chi connectivity index (χ4v) is 2.80. The van der Waals surface area contributed by atoms with Gasteiger partial charge >= 0.3 is 0 Å². The topological polar surface area (TPSA) is 98.0 Å². The Kier molecular flexibility index (Phi) is 3.79. The van der Waals surface area contributed by atoms with Crippen LogP contribution in [-0.2, 0) is 10.0 Å². The molecule has 0 unspecified atom stereocenters. The van der Waals surface area contributed by atoms with Gasteiger partial charge in [-0.15, -0.1) is 10.2 Å². The van der Waals surface area contributed by atoms with Gasteiger partial charge in [0.2, 0.25) is 0 Å². The van der Waals surface area contributed by atoms with E-state index in [4.69, 9.17) is 28.9 Å². The Morgan fingerprint density at radius 1 is 1.11 bits per heavy atom. The van der Waals surface area contributed by atoms with Gasteiger partial charge in [-0.2, -0.15) is 0 Å². The zero-order valence-electron chi connectivity index (χ0n) is 9.34. The van der Waals surface area contributed by atoms with Crippen LogP contribution in [0.5, 0.6) is 0 Å². The van der Waals surface area contributed by atoms with Crippen molar-refractivity contribution in [3.8, 4) is 0 Å². The highest BCUT2D eigenvalue weighted by atomic mass is 35.5. The standard InChI is InChI=1S/C10H8Cl2N4O2S/c11-6-1-2-7(13)8(5-6)19(17,18)16-10-4-3-9(12)14-15-10/h1-5H,13H2,(H,15,16). The maximum atomic E-state index is 12.1. The van der Waals surface area contributed by atoms with Gasteiger partial charge in [0.25, 0.3) is 10.0 Å². The summed E-state index contributed by atoms with van der Waals surface area (Å²) in [6.07, 6.45) is 0. The molecule has 1 aromatic carbocycles. The van der Waals surface area contributed by atoms with Gasteiger partial charge < -0.3 is 5.73 Å². The number of sulfonamides is 1. The van der Waals surface area contributed by atoms with E-state index in [1.54, 1.807) is 0 Å². The van der Waals surface area contributed by atoms with E-state index in [-0.39, 0.29) is 26.6 Å². The molecule has 19 heavy (non-hydrogen) atoms. The van der Waals surface area contributed by atoms with Crippen molar-refractivity contribution in [1.82, 2.24) is 10.2 Å². The number of nitrogens with zero attached hydrogens (tertiary/aromatic N) is 2. The molecular formula is C10H8Cl2N4O2S. The lowest BCUT2D eigenvalue weighted by atomic mass is 10.3. The fraction of sp³-hybridized carbons (Fsp3) is 0. The van der Waals surface area contributed by atoms with Crippen LogP contribution in [0.2, 0.25) is 10.2 Å². The number of nitrogens with one attached hydrogen (secondary N) is 1. The van der Waals surface area contributed by atoms with Gasteiger partial charge in [0.15, 0.2) is 11.0 Å². The lowest BCUT2D eigenvalue weighted by Crippen LogP contribution is -2.15. The molecule has 0 saturated carbocycles. The third-order valence-corrected chi connectivity index (χ3v) is 3.98. The van der Waals surface area contributed by atoms with Crippen molar-refractivity contribution in [2.75, 3.05) is 10.5 Å². The Hall–Kier alpha value is -1.57. The smallest absolute Gasteiger partial charge is 0.265 e. The molecule has 1 heterocycles. The Labute approximate surface area is 119 Å². The van der Waals surface area contributed by atoms with E-state index in [1.807, 2.05) is 0 Å². The predicted octanol–water partition coefficient (Wildman–Crippen LogP) is 2.17. The quantitative estimate of drug-likeness (QED) is 0.845. The average Bonchev–Trinajstić information content (AvgIpc) is 2.35. The van der Waals surface area contributed by atoms with Crippen molar-refractivity contribution < 1.29 is 8.42 Å². The first-order valence-electron chi connectivity index (χ1n) is 4.95. The molecule has 1 aromatic heterocycles. The summed E-state index contributed by atoms with van der Waals surface area (Å²) in [5.41, 5.74) is 5.70. The summed E-state index contributed by atoms with van der Waals surface area (Å²) >= 11 is 11.3. The summed E-state index contributed by atoms with van der Waals surface area (Å²) in [5.74, 6) is 0.0313. The Morgan fingerprint density at radius 2 is 1.84 bits per heavy atom. The molecule has 0 atom stereocenters. The molecule has 0 radical (unpaired) electrons. The average molecular weight is 319 g/mol. The first-order valence-corrected chi connectivity index (χ1v) is 7.19. The van der Waals surface area contributed by atoms with Gasteiger partial charge in [-0.25, -0.2) is 8.42 Å². The van der Waals surface area contributed by atoms with Crippen molar-refractivity contribution in [1.29, 1.82) is 0 Å². The van der Waals surface area contributed by atoms with Gasteiger partial charge in [-0.3, -0.25) is 4.72 Å². The molecule has 0 aliphatic rings. The lowest BCUT2D eigenvalue weighted by Gasteiger charge is -2.09. The maximum Gasteiger partial charge on any atom is 0.265 e. The second-order valence-electron chi connectivity index (χ2n) is 3.53. The summed E-state index contributed by atoms with van der Waals surface area (Å²) in [6.45, 7) is 0. The van der Waals surface area contributed by atoms with Crippen molar-refractivity contribution in [3.05, 3.63) is 40.5 Å². The van der Waals surface area contributed by atoms with Crippen LogP contribution in [0.1, 0.15) is 0 Å². The summed E-state index contributed by atoms with van der Waals surface area (Å²) < 4.78 is 26.4. The third-order valence-electron chi connectivity index (χ3n) is 2.14. The molecule has 2 aromatic rings. The van der Waals surface area contributed by atoms with Crippen molar-refractivity contribution >= 4 is 44.7 Å². The number of hydrogen-bond acceptors (Lipinski definition) is 5. The van der Waals surface area contributed by atoms with E-state index in [0.29, 0.717) is 0 Å². The maximum absolute atomic E-state index is 12.1. The number of rotatable bonds is 3. The summed E-state index contributed by atoms with van der Waals surface area (Å²) in [6, 6.07) is 6.95. The van der Waals surface area contributed by atoms with Crippen molar-refractivity contribution in [2.45, 2.75) is 4.90 Å². The van der Waals surface area contributed by atoms with E-state index in [2.05, 4.69) is 14.9 Å². The molecular weight excluding hydrogens is 311 g/mol. The minimum absolute atomic E-state index is 0.0313. The number of anilines is 2. The van der Waals surface area contributed by atoms with Crippen LogP contribution in [0.15, 0.2) is 35.2 Å². The lowest BCUT2D eigenvalue weighted by molar-refractivity contribution is 0.601. The van der Waals surface area contributed by atoms with Crippen molar-refractivity contribution in [2.24, 2.45) is 0 Å². The van der Waals surface area contributed by atoms with Crippen LogP contribution in [0, 0.1) is 0 Å². The predicted molar refractivity (Wildman–Crippen MR) is 73.7 cm³/mol. The number of benzene rings is 1. The van der Waals surface area contributed by atoms with Gasteiger partial charge in [0.1, 0.15) is 4.90 Å². The van der Waals surface area contributed by atoms with Crippen LogP contribution in [0.4, 0.5) is 11.5 Å². The van der Waals surface area contributed by atoms with Gasteiger partial charge in [-0.05, 0) is 30.3 Å². The van der Waals surface area contributed by atoms with Crippen LogP contribution < -0.4 is 10.5 Å². The molecule has 9 heteroatoms. The van der Waals surface area contributed by atoms with Gasteiger partial charge in [-0.1, -0.05) is 23.2 Å². The van der Waals surface area contributed by atoms with Crippen LogP contribution in [0.25, 0.3) is 0 Å². The zero-order valence-corrected chi connectivity index (χ0v) is 11.7. The second-order valence-corrected chi connectivity index (χ2v) is 6.00. The molecule has 0 spiro atoms. The number of aromatic nitrogens is 2. The summed E-state index contributed by atoms with van der Waals surface area (Å²) in [5, 5.41) is 7.54. The second kappa shape index (κ2) is 5.20. The molecule has 0 saturated heterocycles. The molecule has 0 bridgehead atoms.